The highest BCUT2D eigenvalue weighted by Crippen LogP contribution is 2.20. The van der Waals surface area contributed by atoms with Gasteiger partial charge in [0.2, 0.25) is 0 Å². The Morgan fingerprint density at radius 2 is 1.92 bits per heavy atom. The van der Waals surface area contributed by atoms with Crippen molar-refractivity contribution in [3.63, 3.8) is 0 Å². The van der Waals surface area contributed by atoms with Crippen LogP contribution in [0.2, 0.25) is 0 Å². The lowest BCUT2D eigenvalue weighted by atomic mass is 10.0. The lowest BCUT2D eigenvalue weighted by Gasteiger charge is -2.27. The van der Waals surface area contributed by atoms with Crippen LogP contribution < -0.4 is 10.2 Å². The second kappa shape index (κ2) is 7.44. The molecule has 1 aliphatic heterocycles. The molecule has 4 heteroatoms. The van der Waals surface area contributed by atoms with Crippen LogP contribution in [0.3, 0.4) is 0 Å². The van der Waals surface area contributed by atoms with Crippen molar-refractivity contribution in [1.82, 2.24) is 4.57 Å². The third-order valence-electron chi connectivity index (χ3n) is 5.54. The molecule has 1 fully saturated rings. The first-order valence-electron chi connectivity index (χ1n) is 9.35. The van der Waals surface area contributed by atoms with E-state index in [0.29, 0.717) is 12.0 Å². The van der Waals surface area contributed by atoms with E-state index in [1.54, 1.807) is 0 Å². The molecule has 0 bridgehead atoms. The van der Waals surface area contributed by atoms with E-state index in [4.69, 9.17) is 0 Å². The average Bonchev–Trinajstić information content (AvgIpc) is 3.22. The third kappa shape index (κ3) is 3.79. The highest BCUT2D eigenvalue weighted by atomic mass is 16.2. The first-order valence-corrected chi connectivity index (χ1v) is 9.35. The van der Waals surface area contributed by atoms with Crippen LogP contribution in [0, 0.1) is 0 Å². The van der Waals surface area contributed by atoms with Gasteiger partial charge >= 0.3 is 0 Å². The molecule has 1 unspecified atom stereocenters. The molecule has 1 amide bonds. The molecule has 134 valence electrons. The molecule has 25 heavy (non-hydrogen) atoms. The number of rotatable bonds is 5. The van der Waals surface area contributed by atoms with Crippen molar-refractivity contribution in [2.24, 2.45) is 7.05 Å². The molecule has 1 aliphatic rings. The zero-order chi connectivity index (χ0) is 18.0. The number of quaternary nitrogens is 1. The Balaban J connectivity index is 1.68. The Kier molecular flexibility index (Phi) is 5.28. The van der Waals surface area contributed by atoms with E-state index in [0.717, 1.165) is 18.7 Å². The van der Waals surface area contributed by atoms with Crippen LogP contribution in [0.4, 0.5) is 5.69 Å². The average molecular weight is 340 g/mol. The van der Waals surface area contributed by atoms with E-state index in [9.17, 15) is 4.79 Å². The van der Waals surface area contributed by atoms with Gasteiger partial charge in [-0.2, -0.15) is 0 Å². The molecule has 3 rings (SSSR count). The van der Waals surface area contributed by atoms with Crippen molar-refractivity contribution in [3.05, 3.63) is 53.9 Å². The Morgan fingerprint density at radius 3 is 2.52 bits per heavy atom. The van der Waals surface area contributed by atoms with Crippen LogP contribution in [-0.2, 0) is 11.8 Å². The van der Waals surface area contributed by atoms with Gasteiger partial charge < -0.3 is 14.8 Å². The first-order chi connectivity index (χ1) is 12.0. The van der Waals surface area contributed by atoms with Crippen molar-refractivity contribution in [1.29, 1.82) is 0 Å². The number of aromatic nitrogens is 1. The number of carbonyl (C=O) groups excluding carboxylic acids is 1. The standard InChI is InChI=1S/C21H29N3O/c1-15(2)17-9-11-18(12-10-17)22-21(25)16(3)24-14-6-8-20(24)19-7-5-13-23(19)4/h5,7,9-13,15-16,20H,6,8,14H2,1-4H3,(H,22,25)/p+1/t16-,20+/m0/s1. The van der Waals surface area contributed by atoms with Crippen molar-refractivity contribution in [3.8, 4) is 0 Å². The summed E-state index contributed by atoms with van der Waals surface area (Å²) in [6.45, 7) is 7.46. The molecule has 2 N–H and O–H groups in total. The van der Waals surface area contributed by atoms with Gasteiger partial charge in [0.25, 0.3) is 5.91 Å². The van der Waals surface area contributed by atoms with Gasteiger partial charge in [0.1, 0.15) is 6.04 Å². The van der Waals surface area contributed by atoms with E-state index in [2.05, 4.69) is 68.2 Å². The molecule has 1 saturated heterocycles. The number of likely N-dealkylation sites (tertiary alicyclic amines) is 1. The fourth-order valence-corrected chi connectivity index (χ4v) is 3.93. The zero-order valence-electron chi connectivity index (χ0n) is 15.8. The van der Waals surface area contributed by atoms with Crippen LogP contribution in [0.25, 0.3) is 0 Å². The van der Waals surface area contributed by atoms with Gasteiger partial charge in [0.05, 0.1) is 12.2 Å². The van der Waals surface area contributed by atoms with Crippen LogP contribution in [0.1, 0.15) is 56.8 Å². The maximum atomic E-state index is 12.8. The molecule has 0 saturated carbocycles. The molecule has 1 aromatic carbocycles. The summed E-state index contributed by atoms with van der Waals surface area (Å²) < 4.78 is 2.19. The van der Waals surface area contributed by atoms with E-state index in [-0.39, 0.29) is 11.9 Å². The van der Waals surface area contributed by atoms with Crippen LogP contribution in [0.5, 0.6) is 0 Å². The number of benzene rings is 1. The van der Waals surface area contributed by atoms with Gasteiger partial charge in [-0.05, 0) is 42.7 Å². The van der Waals surface area contributed by atoms with E-state index < -0.39 is 0 Å². The smallest absolute Gasteiger partial charge is 0.282 e. The maximum absolute atomic E-state index is 12.8. The Morgan fingerprint density at radius 1 is 1.20 bits per heavy atom. The third-order valence-corrected chi connectivity index (χ3v) is 5.54. The number of nitrogens with zero attached hydrogens (tertiary/aromatic N) is 1. The number of carbonyl (C=O) groups is 1. The predicted octanol–water partition coefficient (Wildman–Crippen LogP) is 2.90. The number of amides is 1. The van der Waals surface area contributed by atoms with Crippen LogP contribution in [-0.4, -0.2) is 23.1 Å². The second-order valence-corrected chi connectivity index (χ2v) is 7.55. The van der Waals surface area contributed by atoms with Gasteiger partial charge in [-0.1, -0.05) is 26.0 Å². The Bertz CT molecular complexity index is 717. The first kappa shape index (κ1) is 17.7. The summed E-state index contributed by atoms with van der Waals surface area (Å²) >= 11 is 0. The molecule has 0 spiro atoms. The van der Waals surface area contributed by atoms with Gasteiger partial charge in [-0.15, -0.1) is 0 Å². The molecule has 2 heterocycles. The highest BCUT2D eigenvalue weighted by Gasteiger charge is 2.38. The molecular weight excluding hydrogens is 310 g/mol. The molecule has 1 aromatic heterocycles. The van der Waals surface area contributed by atoms with Gasteiger partial charge in [-0.3, -0.25) is 4.79 Å². The van der Waals surface area contributed by atoms with Gasteiger partial charge in [0, 0.05) is 31.8 Å². The summed E-state index contributed by atoms with van der Waals surface area (Å²) in [5, 5.41) is 3.10. The van der Waals surface area contributed by atoms with E-state index >= 15 is 0 Å². The highest BCUT2D eigenvalue weighted by molar-refractivity contribution is 5.93. The summed E-state index contributed by atoms with van der Waals surface area (Å²) in [7, 11) is 2.09. The topological polar surface area (TPSA) is 38.5 Å². The van der Waals surface area contributed by atoms with Gasteiger partial charge in [0.15, 0.2) is 6.04 Å². The number of hydrogen-bond acceptors (Lipinski definition) is 1. The lowest BCUT2D eigenvalue weighted by Crippen LogP contribution is -3.15. The Hall–Kier alpha value is -2.07. The second-order valence-electron chi connectivity index (χ2n) is 7.55. The molecule has 3 atom stereocenters. The molecule has 2 aromatic rings. The monoisotopic (exact) mass is 340 g/mol. The Labute approximate surface area is 150 Å². The van der Waals surface area contributed by atoms with E-state index in [1.807, 2.05) is 12.1 Å². The summed E-state index contributed by atoms with van der Waals surface area (Å²) in [4.78, 5) is 14.2. The molecule has 4 nitrogen and oxygen atoms in total. The normalized spacial score (nSPS) is 21.5. The van der Waals surface area contributed by atoms with Crippen LogP contribution in [0.15, 0.2) is 42.6 Å². The maximum Gasteiger partial charge on any atom is 0.282 e. The van der Waals surface area contributed by atoms with Gasteiger partial charge in [-0.25, -0.2) is 0 Å². The summed E-state index contributed by atoms with van der Waals surface area (Å²) in [6.07, 6.45) is 4.41. The molecular formula is C21H30N3O+. The minimum atomic E-state index is -0.0628. The zero-order valence-corrected chi connectivity index (χ0v) is 15.8. The summed E-state index contributed by atoms with van der Waals surface area (Å²) in [5.74, 6) is 0.608. The fourth-order valence-electron chi connectivity index (χ4n) is 3.93. The number of hydrogen-bond donors (Lipinski definition) is 2. The van der Waals surface area contributed by atoms with Crippen LogP contribution >= 0.6 is 0 Å². The minimum absolute atomic E-state index is 0.0628. The summed E-state index contributed by atoms with van der Waals surface area (Å²) in [5.41, 5.74) is 3.50. The number of nitrogens with one attached hydrogen (secondary N) is 2. The van der Waals surface area contributed by atoms with E-state index in [1.165, 1.54) is 22.6 Å². The quantitative estimate of drug-likeness (QED) is 0.863. The van der Waals surface area contributed by atoms with Crippen molar-refractivity contribution in [2.75, 3.05) is 11.9 Å². The summed E-state index contributed by atoms with van der Waals surface area (Å²) in [6, 6.07) is 12.8. The molecule has 0 aliphatic carbocycles. The minimum Gasteiger partial charge on any atom is -0.350 e. The fraction of sp³-hybridized carbons (Fsp3) is 0.476. The number of aryl methyl sites for hydroxylation is 1. The number of anilines is 1. The van der Waals surface area contributed by atoms with Crippen molar-refractivity contribution < 1.29 is 9.69 Å². The van der Waals surface area contributed by atoms with Crippen molar-refractivity contribution in [2.45, 2.75) is 51.6 Å². The molecule has 0 radical (unpaired) electrons. The SMILES string of the molecule is CC(C)c1ccc(NC(=O)[C@H](C)[NH+]2CCC[C@@H]2c2cccn2C)cc1. The van der Waals surface area contributed by atoms with Crippen molar-refractivity contribution >= 4 is 11.6 Å². The largest absolute Gasteiger partial charge is 0.350 e. The predicted molar refractivity (Wildman–Crippen MR) is 102 cm³/mol. The lowest BCUT2D eigenvalue weighted by molar-refractivity contribution is -0.932.